The minimum atomic E-state index is 0.0778. The smallest absolute Gasteiger partial charge is 0.260 e. The second-order valence-electron chi connectivity index (χ2n) is 7.10. The van der Waals surface area contributed by atoms with Gasteiger partial charge in [-0.3, -0.25) is 4.79 Å². The van der Waals surface area contributed by atoms with Crippen molar-refractivity contribution < 1.29 is 9.53 Å². The summed E-state index contributed by atoms with van der Waals surface area (Å²) >= 11 is 0. The molecule has 0 spiro atoms. The zero-order chi connectivity index (χ0) is 17.6. The number of carbonyl (C=O) groups excluding carboxylic acids is 1. The molecule has 1 fully saturated rings. The van der Waals surface area contributed by atoms with Crippen LogP contribution in [0.3, 0.4) is 0 Å². The zero-order valence-electron chi connectivity index (χ0n) is 15.1. The quantitative estimate of drug-likeness (QED) is 0.810. The Kier molecular flexibility index (Phi) is 5.74. The first-order valence-corrected chi connectivity index (χ1v) is 9.08. The van der Waals surface area contributed by atoms with E-state index in [1.165, 1.54) is 5.56 Å². The SMILES string of the molecule is CC(C)c1ccc(OCC(=O)N2CCC(Cn3ccnc3)CC2)cc1. The predicted molar refractivity (Wildman–Crippen MR) is 97.6 cm³/mol. The summed E-state index contributed by atoms with van der Waals surface area (Å²) in [4.78, 5) is 18.4. The van der Waals surface area contributed by atoms with Crippen molar-refractivity contribution in [2.45, 2.75) is 39.2 Å². The van der Waals surface area contributed by atoms with Gasteiger partial charge >= 0.3 is 0 Å². The Morgan fingerprint density at radius 1 is 1.24 bits per heavy atom. The zero-order valence-corrected chi connectivity index (χ0v) is 15.1. The first kappa shape index (κ1) is 17.5. The van der Waals surface area contributed by atoms with Crippen molar-refractivity contribution in [3.63, 3.8) is 0 Å². The minimum Gasteiger partial charge on any atom is -0.484 e. The highest BCUT2D eigenvalue weighted by molar-refractivity contribution is 5.77. The molecule has 25 heavy (non-hydrogen) atoms. The molecule has 1 aliphatic heterocycles. The summed E-state index contributed by atoms with van der Waals surface area (Å²) in [5.41, 5.74) is 1.28. The molecule has 0 aliphatic carbocycles. The second kappa shape index (κ2) is 8.19. The molecule has 1 saturated heterocycles. The maximum Gasteiger partial charge on any atom is 0.260 e. The number of hydrogen-bond donors (Lipinski definition) is 0. The number of hydrogen-bond acceptors (Lipinski definition) is 3. The van der Waals surface area contributed by atoms with E-state index in [9.17, 15) is 4.79 Å². The standard InChI is InChI=1S/C20H27N3O2/c1-16(2)18-3-5-19(6-4-18)25-14-20(24)23-10-7-17(8-11-23)13-22-12-9-21-15-22/h3-6,9,12,15-17H,7-8,10-11,13-14H2,1-2H3. The summed E-state index contributed by atoms with van der Waals surface area (Å²) < 4.78 is 7.78. The van der Waals surface area contributed by atoms with E-state index in [1.54, 1.807) is 0 Å². The lowest BCUT2D eigenvalue weighted by Gasteiger charge is -2.32. The molecule has 0 bridgehead atoms. The van der Waals surface area contributed by atoms with Gasteiger partial charge in [0.2, 0.25) is 0 Å². The fraction of sp³-hybridized carbons (Fsp3) is 0.500. The van der Waals surface area contributed by atoms with E-state index in [0.717, 1.165) is 38.2 Å². The lowest BCUT2D eigenvalue weighted by molar-refractivity contribution is -0.134. The molecule has 5 nitrogen and oxygen atoms in total. The molecular formula is C20H27N3O2. The molecule has 0 unspecified atom stereocenters. The summed E-state index contributed by atoms with van der Waals surface area (Å²) in [6.07, 6.45) is 7.73. The van der Waals surface area contributed by atoms with Crippen LogP contribution in [0, 0.1) is 5.92 Å². The molecule has 2 aromatic rings. The number of carbonyl (C=O) groups is 1. The summed E-state index contributed by atoms with van der Waals surface area (Å²) in [5, 5.41) is 0. The fourth-order valence-corrected chi connectivity index (χ4v) is 3.24. The lowest BCUT2D eigenvalue weighted by Crippen LogP contribution is -2.41. The van der Waals surface area contributed by atoms with E-state index in [-0.39, 0.29) is 12.5 Å². The number of likely N-dealkylation sites (tertiary alicyclic amines) is 1. The van der Waals surface area contributed by atoms with Crippen molar-refractivity contribution in [2.75, 3.05) is 19.7 Å². The highest BCUT2D eigenvalue weighted by Gasteiger charge is 2.23. The van der Waals surface area contributed by atoms with Crippen LogP contribution in [-0.2, 0) is 11.3 Å². The monoisotopic (exact) mass is 341 g/mol. The Balaban J connectivity index is 1.41. The van der Waals surface area contributed by atoms with Gasteiger partial charge in [-0.25, -0.2) is 4.98 Å². The minimum absolute atomic E-state index is 0.0778. The third-order valence-electron chi connectivity index (χ3n) is 4.90. The van der Waals surface area contributed by atoms with Crippen molar-refractivity contribution >= 4 is 5.91 Å². The molecule has 5 heteroatoms. The van der Waals surface area contributed by atoms with Gasteiger partial charge in [0.1, 0.15) is 5.75 Å². The molecule has 1 aromatic carbocycles. The number of ether oxygens (including phenoxy) is 1. The van der Waals surface area contributed by atoms with Gasteiger partial charge in [-0.15, -0.1) is 0 Å². The summed E-state index contributed by atoms with van der Waals surface area (Å²) in [7, 11) is 0. The van der Waals surface area contributed by atoms with Crippen molar-refractivity contribution in [2.24, 2.45) is 5.92 Å². The maximum atomic E-state index is 12.4. The highest BCUT2D eigenvalue weighted by Crippen LogP contribution is 2.20. The Bertz CT molecular complexity index is 657. The third kappa shape index (κ3) is 4.84. The van der Waals surface area contributed by atoms with Crippen LogP contribution in [0.4, 0.5) is 0 Å². The summed E-state index contributed by atoms with van der Waals surface area (Å²) in [6.45, 7) is 7.06. The van der Waals surface area contributed by atoms with Crippen LogP contribution in [0.15, 0.2) is 43.0 Å². The van der Waals surface area contributed by atoms with Crippen molar-refractivity contribution in [3.8, 4) is 5.75 Å². The van der Waals surface area contributed by atoms with E-state index in [0.29, 0.717) is 11.8 Å². The largest absolute Gasteiger partial charge is 0.484 e. The van der Waals surface area contributed by atoms with Gasteiger partial charge in [-0.2, -0.15) is 0 Å². The van der Waals surface area contributed by atoms with Crippen molar-refractivity contribution in [1.82, 2.24) is 14.5 Å². The molecular weight excluding hydrogens is 314 g/mol. The van der Waals surface area contributed by atoms with Crippen LogP contribution >= 0.6 is 0 Å². The Labute approximate surface area is 149 Å². The number of benzene rings is 1. The molecule has 0 atom stereocenters. The summed E-state index contributed by atoms with van der Waals surface area (Å²) in [5.74, 6) is 1.95. The highest BCUT2D eigenvalue weighted by atomic mass is 16.5. The van der Waals surface area contributed by atoms with Gasteiger partial charge in [0.15, 0.2) is 6.61 Å². The number of rotatable bonds is 6. The van der Waals surface area contributed by atoms with Crippen LogP contribution in [0.1, 0.15) is 38.2 Å². The van der Waals surface area contributed by atoms with Gasteiger partial charge in [0.05, 0.1) is 6.33 Å². The maximum absolute atomic E-state index is 12.4. The third-order valence-corrected chi connectivity index (χ3v) is 4.90. The molecule has 1 aliphatic rings. The van der Waals surface area contributed by atoms with Crippen molar-refractivity contribution in [3.05, 3.63) is 48.5 Å². The van der Waals surface area contributed by atoms with E-state index in [2.05, 4.69) is 35.5 Å². The van der Waals surface area contributed by atoms with E-state index < -0.39 is 0 Å². The van der Waals surface area contributed by atoms with Gasteiger partial charge in [-0.05, 0) is 42.4 Å². The van der Waals surface area contributed by atoms with Crippen molar-refractivity contribution in [1.29, 1.82) is 0 Å². The number of amides is 1. The first-order valence-electron chi connectivity index (χ1n) is 9.08. The fourth-order valence-electron chi connectivity index (χ4n) is 3.24. The van der Waals surface area contributed by atoms with Crippen LogP contribution in [0.2, 0.25) is 0 Å². The average molecular weight is 341 g/mol. The average Bonchev–Trinajstić information content (AvgIpc) is 3.13. The molecule has 0 saturated carbocycles. The number of aromatic nitrogens is 2. The molecule has 3 rings (SSSR count). The normalized spacial score (nSPS) is 15.6. The van der Waals surface area contributed by atoms with Crippen LogP contribution in [-0.4, -0.2) is 40.1 Å². The second-order valence-corrected chi connectivity index (χ2v) is 7.10. The van der Waals surface area contributed by atoms with E-state index in [4.69, 9.17) is 4.74 Å². The van der Waals surface area contributed by atoms with Crippen LogP contribution < -0.4 is 4.74 Å². The number of imidazole rings is 1. The molecule has 0 N–H and O–H groups in total. The van der Waals surface area contributed by atoms with E-state index in [1.807, 2.05) is 35.8 Å². The van der Waals surface area contributed by atoms with Crippen LogP contribution in [0.5, 0.6) is 5.75 Å². The Hall–Kier alpha value is -2.30. The molecule has 1 aromatic heterocycles. The van der Waals surface area contributed by atoms with Crippen LogP contribution in [0.25, 0.3) is 0 Å². The molecule has 134 valence electrons. The summed E-state index contributed by atoms with van der Waals surface area (Å²) in [6, 6.07) is 8.01. The van der Waals surface area contributed by atoms with Gasteiger partial charge in [0.25, 0.3) is 5.91 Å². The number of piperidine rings is 1. The lowest BCUT2D eigenvalue weighted by atomic mass is 9.97. The first-order chi connectivity index (χ1) is 12.1. The predicted octanol–water partition coefficient (Wildman–Crippen LogP) is 3.32. The topological polar surface area (TPSA) is 47.4 Å². The van der Waals surface area contributed by atoms with Gasteiger partial charge in [0, 0.05) is 32.0 Å². The molecule has 0 radical (unpaired) electrons. The number of nitrogens with zero attached hydrogens (tertiary/aromatic N) is 3. The van der Waals surface area contributed by atoms with Gasteiger partial charge in [-0.1, -0.05) is 26.0 Å². The van der Waals surface area contributed by atoms with E-state index >= 15 is 0 Å². The Morgan fingerprint density at radius 2 is 1.96 bits per heavy atom. The Morgan fingerprint density at radius 3 is 2.56 bits per heavy atom. The molecule has 1 amide bonds. The van der Waals surface area contributed by atoms with Gasteiger partial charge < -0.3 is 14.2 Å². The molecule has 2 heterocycles.